The molecule has 9 N–H and O–H groups in total. The number of carbonyl (C=O) groups is 2. The van der Waals surface area contributed by atoms with E-state index in [0.29, 0.717) is 30.8 Å². The normalized spacial score (nSPS) is 24.0. The summed E-state index contributed by atoms with van der Waals surface area (Å²) >= 11 is 1.38. The minimum atomic E-state index is -4.26. The van der Waals surface area contributed by atoms with Gasteiger partial charge in [0, 0.05) is 24.1 Å². The van der Waals surface area contributed by atoms with Gasteiger partial charge in [0.1, 0.15) is 36.3 Å². The van der Waals surface area contributed by atoms with E-state index in [2.05, 4.69) is 35.6 Å². The van der Waals surface area contributed by atoms with Crippen LogP contribution in [0.3, 0.4) is 0 Å². The number of thioether (sulfide) groups is 1. The number of imidazole rings is 1. The predicted octanol–water partition coefficient (Wildman–Crippen LogP) is 2.42. The summed E-state index contributed by atoms with van der Waals surface area (Å²) in [5, 5.41) is 5.45. The lowest BCUT2D eigenvalue weighted by atomic mass is 10.1. The van der Waals surface area contributed by atoms with E-state index in [1.165, 1.54) is 39.5 Å². The van der Waals surface area contributed by atoms with Crippen molar-refractivity contribution in [2.75, 3.05) is 49.0 Å². The van der Waals surface area contributed by atoms with Crippen molar-refractivity contribution in [2.24, 2.45) is 5.73 Å². The van der Waals surface area contributed by atoms with Crippen molar-refractivity contribution < 1.29 is 55.3 Å². The lowest BCUT2D eigenvalue weighted by molar-refractivity contribution is -0.124. The lowest BCUT2D eigenvalue weighted by Crippen LogP contribution is -2.35. The monoisotopic (exact) mass is 978 g/mol. The summed E-state index contributed by atoms with van der Waals surface area (Å²) in [6, 6.07) is 8.50. The van der Waals surface area contributed by atoms with E-state index in [1.807, 2.05) is 12.1 Å². The zero-order valence-electron chi connectivity index (χ0n) is 35.3. The average Bonchev–Trinajstić information content (AvgIpc) is 4.06. The number of fused-ring (bicyclic) bond motifs is 2. The zero-order valence-corrected chi connectivity index (χ0v) is 37.9. The number of benzene rings is 1. The highest BCUT2D eigenvalue weighted by Crippen LogP contribution is 2.50. The Labute approximate surface area is 381 Å². The maximum atomic E-state index is 16.6. The molecule has 5 aromatic rings. The van der Waals surface area contributed by atoms with Gasteiger partial charge in [-0.05, 0) is 43.1 Å². The number of anilines is 3. The summed E-state index contributed by atoms with van der Waals surface area (Å²) in [4.78, 5) is 55.5. The van der Waals surface area contributed by atoms with Crippen LogP contribution in [-0.2, 0) is 52.3 Å². The lowest BCUT2D eigenvalue weighted by Gasteiger charge is -2.25. The topological polar surface area (TPSA) is 320 Å². The molecule has 354 valence electrons. The van der Waals surface area contributed by atoms with Crippen molar-refractivity contribution in [3.63, 3.8) is 0 Å². The number of unbranched alkanes of at least 4 members (excludes halogenated alkanes) is 2. The quantitative estimate of drug-likeness (QED) is 0.0237. The number of carbonyl (C=O) groups excluding carboxylic acids is 2. The van der Waals surface area contributed by atoms with E-state index >= 15 is 8.78 Å². The van der Waals surface area contributed by atoms with Gasteiger partial charge in [-0.25, -0.2) is 28.3 Å². The van der Waals surface area contributed by atoms with Crippen LogP contribution in [0.25, 0.3) is 22.2 Å². The fourth-order valence-corrected chi connectivity index (χ4v) is 9.58. The van der Waals surface area contributed by atoms with E-state index in [0.717, 1.165) is 32.3 Å². The van der Waals surface area contributed by atoms with Crippen LogP contribution in [-0.4, -0.2) is 122 Å². The van der Waals surface area contributed by atoms with Crippen LogP contribution < -0.4 is 33.4 Å². The van der Waals surface area contributed by atoms with E-state index in [9.17, 15) is 23.5 Å². The summed E-state index contributed by atoms with van der Waals surface area (Å²) in [6.45, 7) is -0.449. The Bertz CT molecular complexity index is 2600. The molecule has 2 amide bonds. The molecule has 23 nitrogen and oxygen atoms in total. The van der Waals surface area contributed by atoms with E-state index < -0.39 is 77.5 Å². The molecule has 0 aliphatic carbocycles. The molecule has 1 aromatic carbocycles. The number of aromatic nitrogens is 7. The third kappa shape index (κ3) is 11.8. The number of nitrogens with one attached hydrogen (secondary N) is 3. The van der Waals surface area contributed by atoms with Crippen molar-refractivity contribution in [2.45, 2.75) is 80.7 Å². The first-order valence-corrected chi connectivity index (χ1v) is 24.4. The molecule has 0 radical (unpaired) electrons. The molecule has 66 heavy (non-hydrogen) atoms. The van der Waals surface area contributed by atoms with Gasteiger partial charge in [0.2, 0.25) is 17.8 Å². The van der Waals surface area contributed by atoms with Crippen molar-refractivity contribution in [1.82, 2.24) is 39.4 Å². The third-order valence-electron chi connectivity index (χ3n) is 10.5. The fraction of sp³-hybridized carbons (Fsp3) is 0.486. The maximum absolute atomic E-state index is 16.6. The molecule has 0 unspecified atom stereocenters. The molecule has 0 bridgehead atoms. The molecule has 6 heterocycles. The number of nitrogens with zero attached hydrogens (tertiary/aromatic N) is 6. The van der Waals surface area contributed by atoms with Crippen molar-refractivity contribution >= 4 is 87.0 Å². The van der Waals surface area contributed by atoms with Crippen LogP contribution in [0.1, 0.15) is 43.7 Å². The molecular weight excluding hydrogens is 931 g/mol. The number of rotatable bonds is 23. The summed E-state index contributed by atoms with van der Waals surface area (Å²) < 4.78 is 95.0. The van der Waals surface area contributed by atoms with Crippen molar-refractivity contribution in [3.8, 4) is 0 Å². The number of nitrogen functional groups attached to an aromatic ring is 2. The van der Waals surface area contributed by atoms with Gasteiger partial charge in [0.25, 0.3) is 20.6 Å². The van der Waals surface area contributed by atoms with Crippen molar-refractivity contribution in [3.05, 3.63) is 65.1 Å². The van der Waals surface area contributed by atoms with Gasteiger partial charge in [-0.3, -0.25) is 33.0 Å². The number of nitrogens with two attached hydrogens (primary N) is 3. The van der Waals surface area contributed by atoms with Gasteiger partial charge < -0.3 is 55.7 Å². The number of hydrogen-bond donors (Lipinski definition) is 6. The highest BCUT2D eigenvalue weighted by molar-refractivity contribution is 7.98. The fourth-order valence-electron chi connectivity index (χ4n) is 7.33. The number of alkyl halides is 2. The molecule has 2 saturated heterocycles. The minimum Gasteiger partial charge on any atom is -0.382 e. The molecule has 9 atom stereocenters. The molecule has 2 aliphatic heterocycles. The number of H-pyrrole nitrogens is 1. The van der Waals surface area contributed by atoms with Crippen LogP contribution in [0.5, 0.6) is 0 Å². The first-order chi connectivity index (χ1) is 31.8. The number of aromatic amines is 1. The van der Waals surface area contributed by atoms with Crippen LogP contribution >= 0.6 is 27.9 Å². The van der Waals surface area contributed by atoms with Gasteiger partial charge in [-0.2, -0.15) is 4.98 Å². The van der Waals surface area contributed by atoms with Gasteiger partial charge in [0.15, 0.2) is 41.9 Å². The SMILES string of the molecule is B[P@](=O)(OC[C@H]1O[C@@H](n2cnc3c(N)ncnc32)[C@H](F)[C@@H]1OP=O)O[C@H]1[C@@H](F)[C@H](n2ccc3c(=O)[nH]c(N)nc32)O[C@@H]1COCSCc1ccc(NC(=O)CNC(=O)CCCCCN)cc1. The molecular formula is C37H47BF2N12O11P2S. The Morgan fingerprint density at radius 3 is 2.47 bits per heavy atom. The molecule has 29 heteroatoms. The summed E-state index contributed by atoms with van der Waals surface area (Å²) in [5.74, 6) is -0.148. The third-order valence-corrected chi connectivity index (χ3v) is 13.0. The Morgan fingerprint density at radius 2 is 1.71 bits per heavy atom. The maximum Gasteiger partial charge on any atom is 0.327 e. The minimum absolute atomic E-state index is 0.0232. The van der Waals surface area contributed by atoms with Crippen molar-refractivity contribution in [1.29, 1.82) is 0 Å². The zero-order chi connectivity index (χ0) is 47.0. The number of amides is 2. The van der Waals surface area contributed by atoms with Gasteiger partial charge in [-0.15, -0.1) is 11.8 Å². The highest BCUT2D eigenvalue weighted by atomic mass is 32.2. The summed E-state index contributed by atoms with van der Waals surface area (Å²) in [6.07, 6.45) is -5.90. The Hall–Kier alpha value is -4.95. The summed E-state index contributed by atoms with van der Waals surface area (Å²) in [5.41, 5.74) is 18.4. The van der Waals surface area contributed by atoms with Gasteiger partial charge in [-0.1, -0.05) is 18.6 Å². The molecule has 7 rings (SSSR count). The van der Waals surface area contributed by atoms with Gasteiger partial charge >= 0.3 is 8.69 Å². The molecule has 2 aliphatic rings. The van der Waals surface area contributed by atoms with Crippen LogP contribution in [0.15, 0.2) is 54.0 Å². The largest absolute Gasteiger partial charge is 0.382 e. The second kappa shape index (κ2) is 22.2. The smallest absolute Gasteiger partial charge is 0.327 e. The number of ether oxygens (including phenoxy) is 3. The second-order valence-corrected chi connectivity index (χ2v) is 18.6. The van der Waals surface area contributed by atoms with Gasteiger partial charge in [0.05, 0.1) is 37.4 Å². The van der Waals surface area contributed by atoms with Crippen LogP contribution in [0, 0.1) is 0 Å². The van der Waals surface area contributed by atoms with E-state index in [1.54, 1.807) is 12.1 Å². The van der Waals surface area contributed by atoms with Crippen LogP contribution in [0.4, 0.5) is 26.2 Å². The predicted molar refractivity (Wildman–Crippen MR) is 239 cm³/mol. The van der Waals surface area contributed by atoms with Crippen LogP contribution in [0.2, 0.25) is 0 Å². The molecule has 0 spiro atoms. The Balaban J connectivity index is 0.960. The standard InChI is InChI=1S/C37H47BF2N12O11P2S/c38-65(57,59-14-23-29(62-64-56)26(39)36(61-23)52-17-47-28-31(42)45-16-46-33(28)52)63-30-22(60-35(27(30)40)51-11-9-21-32(51)49-37(43)50-34(21)55)13-58-18-66-15-19-5-7-20(8-6-19)48-25(54)12-44-24(53)4-2-1-3-10-41/h5-9,11,16-17,22-23,26-27,29-30,35-36H,1-4,10,12-15,18,38,41H2,(H,44,53)(H,48,54)(H2,42,45,46)(H3,43,49,50,55)/t22-,23-,26-,27-,29-,30-,35-,36-,65+/m1/s1. The number of halogens is 2. The summed E-state index contributed by atoms with van der Waals surface area (Å²) in [7, 11) is -4.05. The first kappa shape index (κ1) is 49.0. The number of hydrogen-bond acceptors (Lipinski definition) is 19. The Kier molecular flexibility index (Phi) is 16.5. The Morgan fingerprint density at radius 1 is 0.970 bits per heavy atom. The van der Waals surface area contributed by atoms with E-state index in [4.69, 9.17) is 45.0 Å². The average molecular weight is 979 g/mol. The molecule has 2 fully saturated rings. The second-order valence-electron chi connectivity index (χ2n) is 15.3. The highest BCUT2D eigenvalue weighted by Gasteiger charge is 2.51. The molecule has 4 aromatic heterocycles. The first-order valence-electron chi connectivity index (χ1n) is 20.5. The molecule has 0 saturated carbocycles. The van der Waals surface area contributed by atoms with E-state index in [-0.39, 0.29) is 64.9 Å².